The number of aromatic nitrogens is 4. The first kappa shape index (κ1) is 52.1. The summed E-state index contributed by atoms with van der Waals surface area (Å²) in [4.78, 5) is 6.31. The van der Waals surface area contributed by atoms with Crippen LogP contribution in [0.1, 0.15) is 22.8 Å². The highest BCUT2D eigenvalue weighted by Gasteiger charge is 2.33. The van der Waals surface area contributed by atoms with E-state index in [1.165, 1.54) is 38.9 Å². The molecule has 0 aliphatic carbocycles. The Kier molecular flexibility index (Phi) is 18.9. The van der Waals surface area contributed by atoms with Gasteiger partial charge in [-0.3, -0.25) is 0 Å². The highest BCUT2D eigenvalue weighted by molar-refractivity contribution is 8.13. The number of anilines is 2. The average Bonchev–Trinajstić information content (AvgIpc) is 3.94. The van der Waals surface area contributed by atoms with Gasteiger partial charge in [0.25, 0.3) is 19.1 Å². The monoisotopic (exact) mass is 1010 g/mol. The zero-order valence-electron chi connectivity index (χ0n) is 34.7. The second kappa shape index (κ2) is 23.6. The zero-order valence-corrected chi connectivity index (χ0v) is 38.7. The van der Waals surface area contributed by atoms with E-state index in [1.54, 1.807) is 33.5 Å². The smallest absolute Gasteiger partial charge is 0.269 e. The van der Waals surface area contributed by atoms with Crippen LogP contribution in [0, 0.1) is 34.9 Å². The molecule has 0 unspecified atom stereocenters. The standard InChI is InChI=1S/C19H18F3N3O5S2.C13H17N3O3S.C6H2ClF3O2S/c1-28-10-18-23-19(31-24-18)25(9-11-4-5-12(29-2)6-16(11)30-3)32(26,27)17-8-14(21)13(20)7-15(17)22;1-17-8-12-15-13(20-16-12)14-7-9-4-5-10(18-2)6-11(9)19-3;7-13(11,12)6-2-4(9)3(8)1-5(6)10/h4-8H,9-10H2,1-3H3;4-6H,7-8H2,1-3H3,(H,14,15,16);1-2H. The molecule has 6 aromatic rings. The largest absolute Gasteiger partial charge is 0.497 e. The lowest BCUT2D eigenvalue weighted by molar-refractivity contribution is 0.179. The predicted octanol–water partition coefficient (Wildman–Crippen LogP) is 7.86. The van der Waals surface area contributed by atoms with Crippen molar-refractivity contribution in [1.82, 2.24) is 18.7 Å². The SMILES string of the molecule is COCc1nsc(N(Cc2ccc(OC)cc2OC)S(=O)(=O)c2cc(F)c(F)cc2F)n1.COCc1nsc(NCc2ccc(OC)cc2OC)n1.O=S(=O)(Cl)c1cc(F)c(F)cc1F. The molecule has 27 heteroatoms. The van der Waals surface area contributed by atoms with Gasteiger partial charge >= 0.3 is 0 Å². The molecular weight excluding hydrogens is 978 g/mol. The van der Waals surface area contributed by atoms with E-state index < -0.39 is 63.8 Å². The van der Waals surface area contributed by atoms with Crippen LogP contribution in [-0.2, 0) is 54.9 Å². The number of sulfonamides is 1. The zero-order chi connectivity index (χ0) is 48.1. The highest BCUT2D eigenvalue weighted by atomic mass is 35.7. The lowest BCUT2D eigenvalue weighted by atomic mass is 10.2. The quantitative estimate of drug-likeness (QED) is 0.0528. The number of hydrogen-bond acceptors (Lipinski definition) is 17. The Labute approximate surface area is 381 Å². The van der Waals surface area contributed by atoms with Gasteiger partial charge in [0.1, 0.15) is 57.6 Å². The molecule has 0 atom stereocenters. The lowest BCUT2D eigenvalue weighted by Crippen LogP contribution is -2.31. The van der Waals surface area contributed by atoms with Crippen LogP contribution in [0.4, 0.5) is 36.6 Å². The third kappa shape index (κ3) is 14.0. The third-order valence-electron chi connectivity index (χ3n) is 8.20. The maximum absolute atomic E-state index is 14.4. The van der Waals surface area contributed by atoms with E-state index in [-0.39, 0.29) is 54.1 Å². The van der Waals surface area contributed by atoms with Crippen LogP contribution >= 0.6 is 33.7 Å². The molecule has 2 heterocycles. The average molecular weight is 1020 g/mol. The maximum atomic E-state index is 14.4. The van der Waals surface area contributed by atoms with Crippen molar-refractivity contribution in [1.29, 1.82) is 0 Å². The summed E-state index contributed by atoms with van der Waals surface area (Å²) >= 11 is 2.03. The minimum Gasteiger partial charge on any atom is -0.497 e. The lowest BCUT2D eigenvalue weighted by Gasteiger charge is -2.23. The van der Waals surface area contributed by atoms with E-state index in [9.17, 15) is 43.2 Å². The summed E-state index contributed by atoms with van der Waals surface area (Å²) in [6, 6.07) is 11.1. The van der Waals surface area contributed by atoms with E-state index in [0.29, 0.717) is 30.3 Å². The van der Waals surface area contributed by atoms with Gasteiger partial charge in [-0.2, -0.15) is 8.75 Å². The number of nitrogens with one attached hydrogen (secondary N) is 1. The number of halogens is 7. The molecule has 0 amide bonds. The first-order chi connectivity index (χ1) is 30.8. The first-order valence-corrected chi connectivity index (χ1v) is 23.1. The second-order valence-electron chi connectivity index (χ2n) is 12.4. The summed E-state index contributed by atoms with van der Waals surface area (Å²) in [5.41, 5.74) is 1.40. The van der Waals surface area contributed by atoms with Crippen LogP contribution in [0.15, 0.2) is 70.5 Å². The van der Waals surface area contributed by atoms with Gasteiger partial charge in [0.2, 0.25) is 10.3 Å². The summed E-state index contributed by atoms with van der Waals surface area (Å²) in [6.45, 7) is 0.671. The Morgan fingerprint density at radius 3 is 1.60 bits per heavy atom. The van der Waals surface area contributed by atoms with Crippen LogP contribution in [0.25, 0.3) is 0 Å². The van der Waals surface area contributed by atoms with Crippen molar-refractivity contribution >= 4 is 63.1 Å². The van der Waals surface area contributed by atoms with E-state index in [0.717, 1.165) is 38.0 Å². The van der Waals surface area contributed by atoms with Gasteiger partial charge in [-0.15, -0.1) is 0 Å². The number of ether oxygens (including phenoxy) is 6. The molecule has 0 aliphatic heterocycles. The topological polar surface area (TPSA) is 190 Å². The van der Waals surface area contributed by atoms with Crippen molar-refractivity contribution in [2.45, 2.75) is 36.1 Å². The molecule has 1 N–H and O–H groups in total. The van der Waals surface area contributed by atoms with Crippen LogP contribution < -0.4 is 28.6 Å². The van der Waals surface area contributed by atoms with Crippen LogP contribution in [-0.4, -0.2) is 78.2 Å². The first-order valence-electron chi connectivity index (χ1n) is 17.8. The molecule has 2 aromatic heterocycles. The summed E-state index contributed by atoms with van der Waals surface area (Å²) in [5.74, 6) is -5.66. The Morgan fingerprint density at radius 2 is 1.08 bits per heavy atom. The molecule has 6 rings (SSSR count). The van der Waals surface area contributed by atoms with E-state index in [4.69, 9.17) is 39.1 Å². The number of benzene rings is 4. The van der Waals surface area contributed by atoms with Crippen LogP contribution in [0.5, 0.6) is 23.0 Å². The number of hydrogen-bond donors (Lipinski definition) is 1. The maximum Gasteiger partial charge on any atom is 0.269 e. The molecule has 0 saturated heterocycles. The fourth-order valence-electron chi connectivity index (χ4n) is 5.12. The van der Waals surface area contributed by atoms with Crippen molar-refractivity contribution < 1.29 is 71.6 Å². The molecule has 4 aromatic carbocycles. The van der Waals surface area contributed by atoms with Gasteiger partial charge in [0.15, 0.2) is 34.9 Å². The molecular formula is C38H37ClF6N6O10S4. The molecule has 0 aliphatic rings. The minimum atomic E-state index is -4.73. The molecule has 0 saturated carbocycles. The summed E-state index contributed by atoms with van der Waals surface area (Å²) < 4.78 is 167. The molecule has 0 fully saturated rings. The van der Waals surface area contributed by atoms with Crippen LogP contribution in [0.2, 0.25) is 0 Å². The van der Waals surface area contributed by atoms with Crippen molar-refractivity contribution in [3.8, 4) is 23.0 Å². The molecule has 65 heavy (non-hydrogen) atoms. The van der Waals surface area contributed by atoms with E-state index in [2.05, 4.69) is 24.0 Å². The highest BCUT2D eigenvalue weighted by Crippen LogP contribution is 2.33. The third-order valence-corrected chi connectivity index (χ3v) is 12.9. The normalized spacial score (nSPS) is 11.2. The van der Waals surface area contributed by atoms with Gasteiger partial charge in [0.05, 0.1) is 35.0 Å². The van der Waals surface area contributed by atoms with E-state index >= 15 is 0 Å². The summed E-state index contributed by atoms with van der Waals surface area (Å²) in [7, 11) is 4.75. The number of rotatable bonds is 17. The number of methoxy groups -OCH3 is 6. The Balaban J connectivity index is 0.000000238. The van der Waals surface area contributed by atoms with Gasteiger partial charge in [-0.05, 0) is 30.3 Å². The van der Waals surface area contributed by atoms with Gasteiger partial charge in [-0.1, -0.05) is 0 Å². The van der Waals surface area contributed by atoms with Gasteiger partial charge < -0.3 is 33.7 Å². The Hall–Kier alpha value is -5.51. The van der Waals surface area contributed by atoms with Gasteiger partial charge in [-0.25, -0.2) is 57.5 Å². The Morgan fingerprint density at radius 1 is 0.600 bits per heavy atom. The summed E-state index contributed by atoms with van der Waals surface area (Å²) in [5, 5.41) is 3.85. The molecule has 352 valence electrons. The fraction of sp³-hybridized carbons (Fsp3) is 0.263. The molecule has 16 nitrogen and oxygen atoms in total. The predicted molar refractivity (Wildman–Crippen MR) is 227 cm³/mol. The van der Waals surface area contributed by atoms with Crippen molar-refractivity contribution in [2.75, 3.05) is 52.3 Å². The number of nitrogens with zero attached hydrogens (tertiary/aromatic N) is 5. The second-order valence-corrected chi connectivity index (χ2v) is 18.3. The van der Waals surface area contributed by atoms with Crippen molar-refractivity contribution in [2.24, 2.45) is 0 Å². The molecule has 0 spiro atoms. The summed E-state index contributed by atoms with van der Waals surface area (Å²) in [6.07, 6.45) is 0. The van der Waals surface area contributed by atoms with Crippen LogP contribution in [0.3, 0.4) is 0 Å². The minimum absolute atomic E-state index is 0.00970. The fourth-order valence-corrected chi connectivity index (χ4v) is 8.91. The Bertz CT molecular complexity index is 2790. The molecule has 0 radical (unpaired) electrons. The van der Waals surface area contributed by atoms with Gasteiger partial charge in [0, 0.05) is 96.0 Å². The van der Waals surface area contributed by atoms with E-state index in [1.807, 2.05) is 18.2 Å². The van der Waals surface area contributed by atoms with Crippen molar-refractivity contribution in [3.63, 3.8) is 0 Å². The van der Waals surface area contributed by atoms with Crippen molar-refractivity contribution in [3.05, 3.63) is 118 Å². The molecule has 0 bridgehead atoms.